The standard InChI is InChI=1S/C17H16Cl2N2/c1-2-12-6-8-13(9-7-12)11-21-15-5-3-4-14(19)17(15)20-16(21)10-18/h3-9H,2,10-11H2,1H3. The van der Waals surface area contributed by atoms with Crippen LogP contribution >= 0.6 is 23.2 Å². The minimum Gasteiger partial charge on any atom is -0.322 e. The molecule has 0 amide bonds. The first kappa shape index (κ1) is 14.4. The lowest BCUT2D eigenvalue weighted by molar-refractivity contribution is 0.778. The molecule has 1 heterocycles. The Morgan fingerprint density at radius 1 is 1.05 bits per heavy atom. The lowest BCUT2D eigenvalue weighted by atomic mass is 10.1. The van der Waals surface area contributed by atoms with Gasteiger partial charge in [0.25, 0.3) is 0 Å². The number of imidazole rings is 1. The Balaban J connectivity index is 2.04. The van der Waals surface area contributed by atoms with Gasteiger partial charge in [0.05, 0.1) is 16.4 Å². The van der Waals surface area contributed by atoms with Gasteiger partial charge in [0.2, 0.25) is 0 Å². The highest BCUT2D eigenvalue weighted by Gasteiger charge is 2.12. The molecular formula is C17H16Cl2N2. The Morgan fingerprint density at radius 3 is 2.43 bits per heavy atom. The smallest absolute Gasteiger partial charge is 0.125 e. The third-order valence-corrected chi connectivity index (χ3v) is 4.24. The zero-order chi connectivity index (χ0) is 14.8. The molecule has 4 heteroatoms. The number of aromatic nitrogens is 2. The number of hydrogen-bond acceptors (Lipinski definition) is 1. The predicted octanol–water partition coefficient (Wildman–Crippen LogP) is 5.04. The van der Waals surface area contributed by atoms with E-state index in [4.69, 9.17) is 23.2 Å². The monoisotopic (exact) mass is 318 g/mol. The molecule has 0 unspecified atom stereocenters. The van der Waals surface area contributed by atoms with E-state index in [0.29, 0.717) is 10.9 Å². The van der Waals surface area contributed by atoms with E-state index in [1.54, 1.807) is 0 Å². The second kappa shape index (κ2) is 6.08. The van der Waals surface area contributed by atoms with Crippen molar-refractivity contribution in [2.24, 2.45) is 0 Å². The van der Waals surface area contributed by atoms with Crippen LogP contribution in [-0.4, -0.2) is 9.55 Å². The fourth-order valence-electron chi connectivity index (χ4n) is 2.50. The highest BCUT2D eigenvalue weighted by atomic mass is 35.5. The third-order valence-electron chi connectivity index (χ3n) is 3.70. The van der Waals surface area contributed by atoms with Crippen molar-refractivity contribution in [3.8, 4) is 0 Å². The van der Waals surface area contributed by atoms with E-state index in [1.165, 1.54) is 11.1 Å². The molecule has 0 atom stereocenters. The Labute approximate surface area is 134 Å². The second-order valence-corrected chi connectivity index (χ2v) is 5.70. The van der Waals surface area contributed by atoms with Crippen LogP contribution < -0.4 is 0 Å². The number of para-hydroxylation sites is 1. The van der Waals surface area contributed by atoms with Crippen LogP contribution in [0.4, 0.5) is 0 Å². The Hall–Kier alpha value is -1.51. The van der Waals surface area contributed by atoms with Crippen molar-refractivity contribution in [3.05, 3.63) is 64.4 Å². The summed E-state index contributed by atoms with van der Waals surface area (Å²) in [5, 5.41) is 0.666. The summed E-state index contributed by atoms with van der Waals surface area (Å²) < 4.78 is 2.13. The number of hydrogen-bond donors (Lipinski definition) is 0. The molecule has 0 fully saturated rings. The van der Waals surface area contributed by atoms with Crippen molar-refractivity contribution < 1.29 is 0 Å². The average molecular weight is 319 g/mol. The fraction of sp³-hybridized carbons (Fsp3) is 0.235. The molecule has 108 valence electrons. The van der Waals surface area contributed by atoms with Gasteiger partial charge in [-0.3, -0.25) is 0 Å². The quantitative estimate of drug-likeness (QED) is 0.616. The number of rotatable bonds is 4. The summed E-state index contributed by atoms with van der Waals surface area (Å²) in [5.41, 5.74) is 4.42. The molecule has 1 aromatic heterocycles. The van der Waals surface area contributed by atoms with E-state index < -0.39 is 0 Å². The Bertz CT molecular complexity index is 760. The molecule has 0 aliphatic rings. The molecule has 0 bridgehead atoms. The number of fused-ring (bicyclic) bond motifs is 1. The molecule has 21 heavy (non-hydrogen) atoms. The van der Waals surface area contributed by atoms with Crippen molar-refractivity contribution >= 4 is 34.2 Å². The van der Waals surface area contributed by atoms with Crippen molar-refractivity contribution in [1.29, 1.82) is 0 Å². The van der Waals surface area contributed by atoms with Gasteiger partial charge in [0.15, 0.2) is 0 Å². The molecule has 0 spiro atoms. The van der Waals surface area contributed by atoms with Crippen molar-refractivity contribution in [2.75, 3.05) is 0 Å². The van der Waals surface area contributed by atoms with Gasteiger partial charge < -0.3 is 4.57 Å². The highest BCUT2D eigenvalue weighted by molar-refractivity contribution is 6.35. The van der Waals surface area contributed by atoms with Gasteiger partial charge in [-0.2, -0.15) is 0 Å². The predicted molar refractivity (Wildman–Crippen MR) is 89.2 cm³/mol. The van der Waals surface area contributed by atoms with E-state index >= 15 is 0 Å². The summed E-state index contributed by atoms with van der Waals surface area (Å²) >= 11 is 12.3. The van der Waals surface area contributed by atoms with E-state index in [-0.39, 0.29) is 0 Å². The molecule has 0 saturated heterocycles. The molecule has 0 N–H and O–H groups in total. The lowest BCUT2D eigenvalue weighted by Gasteiger charge is -2.08. The zero-order valence-electron chi connectivity index (χ0n) is 11.8. The van der Waals surface area contributed by atoms with Crippen LogP contribution in [0.2, 0.25) is 5.02 Å². The summed E-state index contributed by atoms with van der Waals surface area (Å²) in [6.45, 7) is 2.91. The number of halogens is 2. The Kier molecular flexibility index (Phi) is 4.18. The average Bonchev–Trinajstić information content (AvgIpc) is 2.87. The number of benzene rings is 2. The fourth-order valence-corrected chi connectivity index (χ4v) is 2.92. The maximum absolute atomic E-state index is 6.22. The normalized spacial score (nSPS) is 11.2. The summed E-state index contributed by atoms with van der Waals surface area (Å²) in [4.78, 5) is 4.56. The van der Waals surface area contributed by atoms with Crippen molar-refractivity contribution in [1.82, 2.24) is 9.55 Å². The van der Waals surface area contributed by atoms with Crippen molar-refractivity contribution in [3.63, 3.8) is 0 Å². The first-order valence-corrected chi connectivity index (χ1v) is 7.91. The van der Waals surface area contributed by atoms with E-state index in [9.17, 15) is 0 Å². The summed E-state index contributed by atoms with van der Waals surface area (Å²) in [6, 6.07) is 14.5. The van der Waals surface area contributed by atoms with Crippen LogP contribution in [0.15, 0.2) is 42.5 Å². The molecule has 0 saturated carbocycles. The molecule has 0 radical (unpaired) electrons. The van der Waals surface area contributed by atoms with Gasteiger partial charge in [-0.25, -0.2) is 4.98 Å². The summed E-state index contributed by atoms with van der Waals surface area (Å²) in [7, 11) is 0. The van der Waals surface area contributed by atoms with E-state index in [2.05, 4.69) is 40.7 Å². The molecule has 3 aromatic rings. The van der Waals surface area contributed by atoms with Crippen LogP contribution in [0.25, 0.3) is 11.0 Å². The number of aryl methyl sites for hydroxylation is 1. The van der Waals surface area contributed by atoms with Gasteiger partial charge in [0.1, 0.15) is 11.3 Å². The largest absolute Gasteiger partial charge is 0.322 e. The van der Waals surface area contributed by atoms with E-state index in [0.717, 1.165) is 29.8 Å². The zero-order valence-corrected chi connectivity index (χ0v) is 13.3. The maximum atomic E-state index is 6.22. The molecule has 0 aliphatic heterocycles. The van der Waals surface area contributed by atoms with Crippen LogP contribution in [-0.2, 0) is 18.8 Å². The van der Waals surface area contributed by atoms with Gasteiger partial charge in [-0.1, -0.05) is 48.9 Å². The van der Waals surface area contributed by atoms with Crippen LogP contribution in [0.5, 0.6) is 0 Å². The maximum Gasteiger partial charge on any atom is 0.125 e. The summed E-state index contributed by atoms with van der Waals surface area (Å²) in [5.74, 6) is 1.22. The van der Waals surface area contributed by atoms with Crippen molar-refractivity contribution in [2.45, 2.75) is 25.8 Å². The molecule has 2 aromatic carbocycles. The van der Waals surface area contributed by atoms with Crippen LogP contribution in [0.1, 0.15) is 23.9 Å². The highest BCUT2D eigenvalue weighted by Crippen LogP contribution is 2.25. The topological polar surface area (TPSA) is 17.8 Å². The summed E-state index contributed by atoms with van der Waals surface area (Å²) in [6.07, 6.45) is 1.05. The Morgan fingerprint density at radius 2 is 1.76 bits per heavy atom. The lowest BCUT2D eigenvalue weighted by Crippen LogP contribution is -2.03. The van der Waals surface area contributed by atoms with E-state index in [1.807, 2.05) is 18.2 Å². The molecule has 0 aliphatic carbocycles. The molecule has 3 rings (SSSR count). The van der Waals surface area contributed by atoms with Crippen LogP contribution in [0, 0.1) is 0 Å². The second-order valence-electron chi connectivity index (χ2n) is 5.03. The van der Waals surface area contributed by atoms with Gasteiger partial charge in [-0.05, 0) is 29.7 Å². The SMILES string of the molecule is CCc1ccc(Cn2c(CCl)nc3c(Cl)cccc32)cc1. The third kappa shape index (κ3) is 2.78. The number of nitrogens with zero attached hydrogens (tertiary/aromatic N) is 2. The first-order chi connectivity index (χ1) is 10.2. The number of alkyl halides is 1. The van der Waals surface area contributed by atoms with Gasteiger partial charge in [0, 0.05) is 6.54 Å². The van der Waals surface area contributed by atoms with Gasteiger partial charge >= 0.3 is 0 Å². The van der Waals surface area contributed by atoms with Gasteiger partial charge in [-0.15, -0.1) is 11.6 Å². The molecular weight excluding hydrogens is 303 g/mol. The first-order valence-electron chi connectivity index (χ1n) is 7.00. The van der Waals surface area contributed by atoms with Crippen LogP contribution in [0.3, 0.4) is 0 Å². The molecule has 2 nitrogen and oxygen atoms in total. The minimum absolute atomic E-state index is 0.373. The minimum atomic E-state index is 0.373.